The Kier molecular flexibility index (Phi) is 6.89. The Morgan fingerprint density at radius 3 is 2.43 bits per heavy atom. The van der Waals surface area contributed by atoms with E-state index in [2.05, 4.69) is 27.9 Å². The third-order valence-corrected chi connectivity index (χ3v) is 3.50. The lowest BCUT2D eigenvalue weighted by Crippen LogP contribution is -2.49. The van der Waals surface area contributed by atoms with E-state index >= 15 is 0 Å². The topological polar surface area (TPSA) is 84.6 Å². The van der Waals surface area contributed by atoms with Gasteiger partial charge in [0.25, 0.3) is 0 Å². The highest BCUT2D eigenvalue weighted by atomic mass is 127. The molecule has 0 saturated carbocycles. The number of halogens is 1. The molecule has 0 saturated heterocycles. The molecular weight excluding hydrogens is 383 g/mol. The highest BCUT2D eigenvalue weighted by Gasteiger charge is 2.24. The van der Waals surface area contributed by atoms with Crippen molar-refractivity contribution < 1.29 is 14.6 Å². The lowest BCUT2D eigenvalue weighted by atomic mass is 10.0. The fraction of sp³-hybridized carbons (Fsp3) is 0.533. The molecule has 0 aliphatic rings. The van der Waals surface area contributed by atoms with Crippen molar-refractivity contribution in [2.75, 3.05) is 6.54 Å². The molecule has 0 bridgehead atoms. The molecule has 0 aliphatic heterocycles. The van der Waals surface area contributed by atoms with E-state index in [1.54, 1.807) is 20.8 Å². The molecule has 1 amide bonds. The Morgan fingerprint density at radius 1 is 1.38 bits per heavy atom. The van der Waals surface area contributed by atoms with E-state index in [0.717, 1.165) is 9.13 Å². The van der Waals surface area contributed by atoms with E-state index in [1.165, 1.54) is 0 Å². The van der Waals surface area contributed by atoms with Crippen LogP contribution in [0.2, 0.25) is 0 Å². The summed E-state index contributed by atoms with van der Waals surface area (Å²) in [5.41, 5.74) is 5.95. The Balaban J connectivity index is 2.72. The minimum atomic E-state index is -0.822. The summed E-state index contributed by atoms with van der Waals surface area (Å²) < 4.78 is 6.35. The van der Waals surface area contributed by atoms with E-state index in [9.17, 15) is 9.90 Å². The van der Waals surface area contributed by atoms with Crippen LogP contribution in [-0.4, -0.2) is 35.5 Å². The summed E-state index contributed by atoms with van der Waals surface area (Å²) >= 11 is 2.23. The number of aliphatic hydroxyl groups excluding tert-OH is 1. The molecule has 21 heavy (non-hydrogen) atoms. The Hall–Kier alpha value is -0.860. The van der Waals surface area contributed by atoms with E-state index in [-0.39, 0.29) is 6.54 Å². The Bertz CT molecular complexity index is 457. The molecule has 4 N–H and O–H groups in total. The van der Waals surface area contributed by atoms with Gasteiger partial charge < -0.3 is 20.9 Å². The minimum absolute atomic E-state index is 0.0742. The average Bonchev–Trinajstić information content (AvgIpc) is 2.37. The van der Waals surface area contributed by atoms with Gasteiger partial charge in [-0.2, -0.15) is 0 Å². The number of nitrogens with one attached hydrogen (secondary N) is 1. The van der Waals surface area contributed by atoms with Crippen molar-refractivity contribution in [3.05, 3.63) is 33.4 Å². The van der Waals surface area contributed by atoms with Crippen molar-refractivity contribution in [2.45, 2.75) is 44.9 Å². The SMILES string of the molecule is CC(C)(C)OC(=O)NC(Cc1ccc(I)cc1)[C@@H](O)CN. The first-order valence-electron chi connectivity index (χ1n) is 6.83. The lowest BCUT2D eigenvalue weighted by Gasteiger charge is -2.26. The van der Waals surface area contributed by atoms with Crippen molar-refractivity contribution in [1.82, 2.24) is 5.32 Å². The maximum atomic E-state index is 11.8. The number of carbonyl (C=O) groups is 1. The lowest BCUT2D eigenvalue weighted by molar-refractivity contribution is 0.0430. The van der Waals surface area contributed by atoms with Gasteiger partial charge in [-0.15, -0.1) is 0 Å². The molecule has 2 atom stereocenters. The molecule has 1 aromatic rings. The van der Waals surface area contributed by atoms with Gasteiger partial charge in [0.1, 0.15) is 5.60 Å². The third kappa shape index (κ3) is 7.10. The fourth-order valence-electron chi connectivity index (χ4n) is 1.78. The van der Waals surface area contributed by atoms with Crippen LogP contribution < -0.4 is 11.1 Å². The normalized spacial score (nSPS) is 14.4. The number of carbonyl (C=O) groups excluding carboxylic acids is 1. The van der Waals surface area contributed by atoms with Crippen LogP contribution in [0.25, 0.3) is 0 Å². The molecule has 1 unspecified atom stereocenters. The van der Waals surface area contributed by atoms with Crippen LogP contribution in [0.4, 0.5) is 4.79 Å². The van der Waals surface area contributed by atoms with E-state index in [1.807, 2.05) is 24.3 Å². The van der Waals surface area contributed by atoms with E-state index in [0.29, 0.717) is 6.42 Å². The second-order valence-electron chi connectivity index (χ2n) is 5.89. The van der Waals surface area contributed by atoms with E-state index < -0.39 is 23.8 Å². The third-order valence-electron chi connectivity index (χ3n) is 2.78. The second-order valence-corrected chi connectivity index (χ2v) is 7.13. The van der Waals surface area contributed by atoms with Crippen LogP contribution in [0.15, 0.2) is 24.3 Å². The summed E-state index contributed by atoms with van der Waals surface area (Å²) in [6, 6.07) is 7.42. The number of hydrogen-bond donors (Lipinski definition) is 3. The van der Waals surface area contributed by atoms with Gasteiger partial charge in [-0.1, -0.05) is 12.1 Å². The van der Waals surface area contributed by atoms with Gasteiger partial charge in [-0.25, -0.2) is 4.79 Å². The van der Waals surface area contributed by atoms with Crippen molar-refractivity contribution in [2.24, 2.45) is 5.73 Å². The van der Waals surface area contributed by atoms with Crippen molar-refractivity contribution >= 4 is 28.7 Å². The first kappa shape index (κ1) is 18.2. The standard InChI is InChI=1S/C15H23IN2O3/c1-15(2,3)21-14(20)18-12(13(19)9-17)8-10-4-6-11(16)7-5-10/h4-7,12-13,19H,8-9,17H2,1-3H3,(H,18,20)/t12?,13-/m0/s1. The van der Waals surface area contributed by atoms with Gasteiger partial charge in [0.15, 0.2) is 0 Å². The number of aliphatic hydroxyl groups is 1. The number of alkyl carbamates (subject to hydrolysis) is 1. The van der Waals surface area contributed by atoms with Gasteiger partial charge in [0.2, 0.25) is 0 Å². The molecule has 1 rings (SSSR count). The van der Waals surface area contributed by atoms with Gasteiger partial charge in [-0.05, 0) is 67.5 Å². The molecule has 0 heterocycles. The number of hydrogen-bond acceptors (Lipinski definition) is 4. The Morgan fingerprint density at radius 2 is 1.95 bits per heavy atom. The van der Waals surface area contributed by atoms with Crippen molar-refractivity contribution in [3.8, 4) is 0 Å². The maximum absolute atomic E-state index is 11.8. The monoisotopic (exact) mass is 406 g/mol. The molecule has 0 aliphatic carbocycles. The highest BCUT2D eigenvalue weighted by molar-refractivity contribution is 14.1. The molecule has 0 spiro atoms. The summed E-state index contributed by atoms with van der Waals surface area (Å²) in [6.45, 7) is 5.45. The molecule has 6 heteroatoms. The van der Waals surface area contributed by atoms with Gasteiger partial charge >= 0.3 is 6.09 Å². The summed E-state index contributed by atoms with van der Waals surface area (Å²) in [5.74, 6) is 0. The van der Waals surface area contributed by atoms with Crippen LogP contribution in [0, 0.1) is 3.57 Å². The number of amides is 1. The van der Waals surface area contributed by atoms with Crippen LogP contribution in [0.3, 0.4) is 0 Å². The molecule has 118 valence electrons. The number of ether oxygens (including phenoxy) is 1. The summed E-state index contributed by atoms with van der Waals surface area (Å²) in [7, 11) is 0. The molecule has 0 fully saturated rings. The quantitative estimate of drug-likeness (QED) is 0.654. The zero-order valence-electron chi connectivity index (χ0n) is 12.6. The van der Waals surface area contributed by atoms with Crippen molar-refractivity contribution in [1.29, 1.82) is 0 Å². The molecule has 1 aromatic carbocycles. The summed E-state index contributed by atoms with van der Waals surface area (Å²) in [6.07, 6.45) is -0.878. The molecular formula is C15H23IN2O3. The summed E-state index contributed by atoms with van der Waals surface area (Å²) in [4.78, 5) is 11.8. The molecule has 5 nitrogen and oxygen atoms in total. The maximum Gasteiger partial charge on any atom is 0.407 e. The van der Waals surface area contributed by atoms with Gasteiger partial charge in [0, 0.05) is 10.1 Å². The van der Waals surface area contributed by atoms with Crippen LogP contribution in [0.1, 0.15) is 26.3 Å². The first-order chi connectivity index (χ1) is 9.71. The van der Waals surface area contributed by atoms with Gasteiger partial charge in [-0.3, -0.25) is 0 Å². The molecule has 0 radical (unpaired) electrons. The fourth-order valence-corrected chi connectivity index (χ4v) is 2.14. The number of benzene rings is 1. The highest BCUT2D eigenvalue weighted by Crippen LogP contribution is 2.12. The van der Waals surface area contributed by atoms with E-state index in [4.69, 9.17) is 10.5 Å². The Labute approximate surface area is 139 Å². The predicted octanol–water partition coefficient (Wildman–Crippen LogP) is 2.05. The average molecular weight is 406 g/mol. The summed E-state index contributed by atoms with van der Waals surface area (Å²) in [5, 5.41) is 12.7. The smallest absolute Gasteiger partial charge is 0.407 e. The van der Waals surface area contributed by atoms with Crippen LogP contribution in [-0.2, 0) is 11.2 Å². The van der Waals surface area contributed by atoms with Gasteiger partial charge in [0.05, 0.1) is 12.1 Å². The van der Waals surface area contributed by atoms with Crippen LogP contribution >= 0.6 is 22.6 Å². The largest absolute Gasteiger partial charge is 0.444 e. The zero-order chi connectivity index (χ0) is 16.0. The molecule has 0 aromatic heterocycles. The first-order valence-corrected chi connectivity index (χ1v) is 7.91. The van der Waals surface area contributed by atoms with Crippen LogP contribution in [0.5, 0.6) is 0 Å². The second kappa shape index (κ2) is 7.95. The minimum Gasteiger partial charge on any atom is -0.444 e. The number of nitrogens with two attached hydrogens (primary N) is 1. The zero-order valence-corrected chi connectivity index (χ0v) is 14.8. The number of rotatable bonds is 5. The predicted molar refractivity (Wildman–Crippen MR) is 91.1 cm³/mol. The van der Waals surface area contributed by atoms with Crippen molar-refractivity contribution in [3.63, 3.8) is 0 Å².